The first kappa shape index (κ1) is 13.2. The maximum atomic E-state index is 11.6. The van der Waals surface area contributed by atoms with Gasteiger partial charge in [-0.05, 0) is 12.8 Å². The third-order valence-electron chi connectivity index (χ3n) is 2.85. The van der Waals surface area contributed by atoms with Crippen LogP contribution in [0.15, 0.2) is 12.2 Å². The highest BCUT2D eigenvalue weighted by Crippen LogP contribution is 2.08. The Bertz CT molecular complexity index is 240. The summed E-state index contributed by atoms with van der Waals surface area (Å²) in [5.41, 5.74) is 5.67. The van der Waals surface area contributed by atoms with Crippen molar-refractivity contribution in [2.24, 2.45) is 5.73 Å². The first-order chi connectivity index (χ1) is 7.77. The summed E-state index contributed by atoms with van der Waals surface area (Å²) in [6.45, 7) is 4.88. The van der Waals surface area contributed by atoms with Crippen LogP contribution in [0.4, 0.5) is 0 Å². The largest absolute Gasteiger partial charge is 0.355 e. The van der Waals surface area contributed by atoms with Crippen LogP contribution in [0.1, 0.15) is 26.2 Å². The number of carbonyl (C=O) groups excluding carboxylic acids is 1. The Balaban J connectivity index is 2.29. The molecule has 0 bridgehead atoms. The molecule has 3 N–H and O–H groups in total. The summed E-state index contributed by atoms with van der Waals surface area (Å²) in [5, 5.41) is 2.93. The second kappa shape index (κ2) is 7.41. The molecule has 0 aliphatic carbocycles. The number of unbranched alkanes of at least 4 members (excludes halogenated alkanes) is 1. The van der Waals surface area contributed by atoms with Gasteiger partial charge in [-0.25, -0.2) is 0 Å². The van der Waals surface area contributed by atoms with E-state index in [0.717, 1.165) is 32.4 Å². The van der Waals surface area contributed by atoms with E-state index in [-0.39, 0.29) is 11.9 Å². The van der Waals surface area contributed by atoms with Gasteiger partial charge in [0, 0.05) is 25.7 Å². The van der Waals surface area contributed by atoms with Crippen LogP contribution >= 0.6 is 0 Å². The van der Waals surface area contributed by atoms with Crippen LogP contribution in [0.3, 0.4) is 0 Å². The molecule has 16 heavy (non-hydrogen) atoms. The lowest BCUT2D eigenvalue weighted by atomic mass is 10.1. The third-order valence-corrected chi connectivity index (χ3v) is 2.85. The molecule has 1 rings (SSSR count). The minimum Gasteiger partial charge on any atom is -0.355 e. The molecule has 0 aromatic rings. The van der Waals surface area contributed by atoms with Crippen LogP contribution in [0, 0.1) is 0 Å². The molecular weight excluding hydrogens is 202 g/mol. The van der Waals surface area contributed by atoms with Gasteiger partial charge in [-0.1, -0.05) is 25.5 Å². The molecule has 1 aliphatic rings. The molecule has 92 valence electrons. The van der Waals surface area contributed by atoms with E-state index in [4.69, 9.17) is 5.73 Å². The number of rotatable bonds is 6. The van der Waals surface area contributed by atoms with Gasteiger partial charge in [-0.15, -0.1) is 0 Å². The zero-order chi connectivity index (χ0) is 11.8. The average Bonchev–Trinajstić information content (AvgIpc) is 2.30. The van der Waals surface area contributed by atoms with Crippen molar-refractivity contribution in [2.75, 3.05) is 26.2 Å². The van der Waals surface area contributed by atoms with E-state index in [9.17, 15) is 4.79 Å². The van der Waals surface area contributed by atoms with E-state index < -0.39 is 0 Å². The zero-order valence-electron chi connectivity index (χ0n) is 10.1. The monoisotopic (exact) mass is 225 g/mol. The predicted octanol–water partition coefficient (Wildman–Crippen LogP) is 0.492. The smallest absolute Gasteiger partial charge is 0.234 e. The molecule has 0 aromatic carbocycles. The normalized spacial score (nSPS) is 21.0. The van der Waals surface area contributed by atoms with Gasteiger partial charge in [0.05, 0.1) is 6.54 Å². The van der Waals surface area contributed by atoms with Gasteiger partial charge in [0.1, 0.15) is 0 Å². The lowest BCUT2D eigenvalue weighted by Gasteiger charge is -2.30. The fraction of sp³-hybridized carbons (Fsp3) is 0.750. The van der Waals surface area contributed by atoms with Gasteiger partial charge in [-0.2, -0.15) is 0 Å². The maximum absolute atomic E-state index is 11.6. The summed E-state index contributed by atoms with van der Waals surface area (Å²) in [6.07, 6.45) is 7.41. The summed E-state index contributed by atoms with van der Waals surface area (Å²) in [6, 6.07) is 0.227. The molecule has 1 unspecified atom stereocenters. The van der Waals surface area contributed by atoms with Crippen LogP contribution in [0.2, 0.25) is 0 Å². The van der Waals surface area contributed by atoms with Crippen LogP contribution in [-0.4, -0.2) is 43.0 Å². The molecule has 0 saturated heterocycles. The van der Waals surface area contributed by atoms with E-state index in [1.54, 1.807) is 0 Å². The van der Waals surface area contributed by atoms with E-state index in [2.05, 4.69) is 29.3 Å². The lowest BCUT2D eigenvalue weighted by molar-refractivity contribution is -0.122. The van der Waals surface area contributed by atoms with Gasteiger partial charge < -0.3 is 11.1 Å². The highest BCUT2D eigenvalue weighted by atomic mass is 16.2. The second-order valence-electron chi connectivity index (χ2n) is 4.19. The van der Waals surface area contributed by atoms with Gasteiger partial charge >= 0.3 is 0 Å². The molecule has 0 saturated carbocycles. The second-order valence-corrected chi connectivity index (χ2v) is 4.19. The third kappa shape index (κ3) is 4.33. The van der Waals surface area contributed by atoms with Crippen molar-refractivity contribution in [3.8, 4) is 0 Å². The highest BCUT2D eigenvalue weighted by molar-refractivity contribution is 5.78. The maximum Gasteiger partial charge on any atom is 0.234 e. The molecule has 0 aromatic heterocycles. The molecule has 1 amide bonds. The molecule has 4 heteroatoms. The average molecular weight is 225 g/mol. The van der Waals surface area contributed by atoms with Gasteiger partial charge in [0.25, 0.3) is 0 Å². The molecule has 0 spiro atoms. The topological polar surface area (TPSA) is 58.4 Å². The summed E-state index contributed by atoms with van der Waals surface area (Å²) in [5.74, 6) is 0.113. The fourth-order valence-electron chi connectivity index (χ4n) is 1.85. The number of hydrogen-bond acceptors (Lipinski definition) is 3. The number of amides is 1. The van der Waals surface area contributed by atoms with Crippen molar-refractivity contribution >= 4 is 5.91 Å². The van der Waals surface area contributed by atoms with E-state index >= 15 is 0 Å². The van der Waals surface area contributed by atoms with E-state index in [1.165, 1.54) is 0 Å². The Kier molecular flexibility index (Phi) is 6.11. The van der Waals surface area contributed by atoms with Crippen molar-refractivity contribution < 1.29 is 4.79 Å². The van der Waals surface area contributed by atoms with Crippen molar-refractivity contribution in [2.45, 2.75) is 32.2 Å². The van der Waals surface area contributed by atoms with Crippen LogP contribution < -0.4 is 11.1 Å². The van der Waals surface area contributed by atoms with Crippen LogP contribution in [0.5, 0.6) is 0 Å². The number of hydrogen-bond donors (Lipinski definition) is 2. The zero-order valence-corrected chi connectivity index (χ0v) is 10.1. The summed E-state index contributed by atoms with van der Waals surface area (Å²) < 4.78 is 0. The van der Waals surface area contributed by atoms with Crippen molar-refractivity contribution in [3.63, 3.8) is 0 Å². The van der Waals surface area contributed by atoms with Crippen molar-refractivity contribution in [3.05, 3.63) is 12.2 Å². The van der Waals surface area contributed by atoms with Gasteiger partial charge in [0.15, 0.2) is 0 Å². The Morgan fingerprint density at radius 1 is 1.62 bits per heavy atom. The SMILES string of the molecule is CCCCNC(=O)CN1CCC=CC1CN. The predicted molar refractivity (Wildman–Crippen MR) is 66.1 cm³/mol. The quantitative estimate of drug-likeness (QED) is 0.511. The van der Waals surface area contributed by atoms with Crippen molar-refractivity contribution in [1.82, 2.24) is 10.2 Å². The Morgan fingerprint density at radius 2 is 2.44 bits per heavy atom. The molecule has 1 aliphatic heterocycles. The standard InChI is InChI=1S/C12H23N3O/c1-2-3-7-14-12(16)10-15-8-5-4-6-11(15)9-13/h4,6,11H,2-3,5,7-10,13H2,1H3,(H,14,16). The number of carbonyl (C=O) groups is 1. The van der Waals surface area contributed by atoms with Gasteiger partial charge in [-0.3, -0.25) is 9.69 Å². The summed E-state index contributed by atoms with van der Waals surface area (Å²) in [4.78, 5) is 13.8. The molecule has 0 radical (unpaired) electrons. The number of nitrogens with one attached hydrogen (secondary N) is 1. The Labute approximate surface area is 97.9 Å². The molecule has 1 heterocycles. The van der Waals surface area contributed by atoms with Gasteiger partial charge in [0.2, 0.25) is 5.91 Å². The van der Waals surface area contributed by atoms with E-state index in [0.29, 0.717) is 13.1 Å². The minimum absolute atomic E-state index is 0.113. The minimum atomic E-state index is 0.113. The first-order valence-corrected chi connectivity index (χ1v) is 6.15. The molecular formula is C12H23N3O. The molecule has 4 nitrogen and oxygen atoms in total. The summed E-state index contributed by atoms with van der Waals surface area (Å²) >= 11 is 0. The van der Waals surface area contributed by atoms with Crippen LogP contribution in [-0.2, 0) is 4.79 Å². The Morgan fingerprint density at radius 3 is 3.12 bits per heavy atom. The van der Waals surface area contributed by atoms with Crippen molar-refractivity contribution in [1.29, 1.82) is 0 Å². The number of nitrogens with zero attached hydrogens (tertiary/aromatic N) is 1. The van der Waals surface area contributed by atoms with E-state index in [1.807, 2.05) is 0 Å². The first-order valence-electron chi connectivity index (χ1n) is 6.15. The lowest BCUT2D eigenvalue weighted by Crippen LogP contribution is -2.47. The molecule has 1 atom stereocenters. The van der Waals surface area contributed by atoms with Crippen LogP contribution in [0.25, 0.3) is 0 Å². The highest BCUT2D eigenvalue weighted by Gasteiger charge is 2.19. The fourth-order valence-corrected chi connectivity index (χ4v) is 1.85. The summed E-state index contributed by atoms with van der Waals surface area (Å²) in [7, 11) is 0. The molecule has 0 fully saturated rings. The number of nitrogens with two attached hydrogens (primary N) is 1. The Hall–Kier alpha value is -0.870.